The smallest absolute Gasteiger partial charge is 0.242 e. The number of ether oxygens (including phenoxy) is 1. The molecule has 33 heavy (non-hydrogen) atoms. The molecule has 1 atom stereocenters. The molecule has 1 aliphatic carbocycles. The first-order valence-corrected chi connectivity index (χ1v) is 12.7. The summed E-state index contributed by atoms with van der Waals surface area (Å²) in [6, 6.07) is 13.4. The molecule has 178 valence electrons. The minimum Gasteiger partial charge on any atom is -0.497 e. The Kier molecular flexibility index (Phi) is 9.61. The van der Waals surface area contributed by atoms with E-state index in [4.69, 9.17) is 4.74 Å². The molecule has 0 aliphatic heterocycles. The molecule has 2 aromatic rings. The summed E-state index contributed by atoms with van der Waals surface area (Å²) in [5, 5.41) is 3.15. The number of nitrogens with zero attached hydrogens (tertiary/aromatic N) is 1. The molecule has 0 radical (unpaired) electrons. The Morgan fingerprint density at radius 1 is 1.06 bits per heavy atom. The molecule has 0 heterocycles. The van der Waals surface area contributed by atoms with Gasteiger partial charge in [0.05, 0.1) is 12.9 Å². The molecule has 7 heteroatoms. The second kappa shape index (κ2) is 12.6. The number of benzene rings is 2. The Hall–Kier alpha value is -2.54. The molecule has 1 aliphatic rings. The van der Waals surface area contributed by atoms with Crippen LogP contribution in [0.3, 0.4) is 0 Å². The van der Waals surface area contributed by atoms with Crippen LogP contribution in [-0.4, -0.2) is 41.7 Å². The lowest BCUT2D eigenvalue weighted by Gasteiger charge is -2.31. The molecule has 0 unspecified atom stereocenters. The maximum absolute atomic E-state index is 13.2. The molecule has 0 aromatic heterocycles. The van der Waals surface area contributed by atoms with Crippen LogP contribution in [0.4, 0.5) is 4.39 Å². The van der Waals surface area contributed by atoms with Crippen molar-refractivity contribution in [2.24, 2.45) is 0 Å². The van der Waals surface area contributed by atoms with Crippen molar-refractivity contribution in [3.05, 3.63) is 65.5 Å². The summed E-state index contributed by atoms with van der Waals surface area (Å²) in [4.78, 5) is 27.9. The second-order valence-electron chi connectivity index (χ2n) is 8.51. The van der Waals surface area contributed by atoms with Crippen LogP contribution in [-0.2, 0) is 21.9 Å². The Labute approximate surface area is 200 Å². The van der Waals surface area contributed by atoms with Crippen molar-refractivity contribution in [2.45, 2.75) is 63.4 Å². The molecule has 1 N–H and O–H groups in total. The molecule has 2 amide bonds. The Morgan fingerprint density at radius 3 is 2.33 bits per heavy atom. The summed E-state index contributed by atoms with van der Waals surface area (Å²) in [6.45, 7) is 2.14. The van der Waals surface area contributed by atoms with Crippen LogP contribution >= 0.6 is 11.8 Å². The van der Waals surface area contributed by atoms with Gasteiger partial charge in [0.1, 0.15) is 17.6 Å². The van der Waals surface area contributed by atoms with Gasteiger partial charge in [0, 0.05) is 18.3 Å². The molecule has 0 bridgehead atoms. The number of methoxy groups -OCH3 is 1. The largest absolute Gasteiger partial charge is 0.497 e. The van der Waals surface area contributed by atoms with E-state index in [-0.39, 0.29) is 29.4 Å². The maximum Gasteiger partial charge on any atom is 0.242 e. The monoisotopic (exact) mass is 472 g/mol. The minimum atomic E-state index is -0.576. The summed E-state index contributed by atoms with van der Waals surface area (Å²) in [5.41, 5.74) is 1.89. The molecular formula is C26H33FN2O3S. The van der Waals surface area contributed by atoms with Crippen molar-refractivity contribution in [3.63, 3.8) is 0 Å². The van der Waals surface area contributed by atoms with Gasteiger partial charge in [0.15, 0.2) is 0 Å². The highest BCUT2D eigenvalue weighted by Gasteiger charge is 2.28. The quantitative estimate of drug-likeness (QED) is 0.533. The second-order valence-corrected chi connectivity index (χ2v) is 9.49. The summed E-state index contributed by atoms with van der Waals surface area (Å²) in [5.74, 6) is 1.12. The number of carbonyl (C=O) groups is 2. The molecule has 5 nitrogen and oxygen atoms in total. The molecule has 1 fully saturated rings. The van der Waals surface area contributed by atoms with Crippen molar-refractivity contribution < 1.29 is 18.7 Å². The van der Waals surface area contributed by atoms with E-state index in [2.05, 4.69) is 5.32 Å². The normalized spacial score (nSPS) is 15.0. The van der Waals surface area contributed by atoms with Crippen molar-refractivity contribution in [1.82, 2.24) is 10.2 Å². The first-order valence-electron chi connectivity index (χ1n) is 11.5. The van der Waals surface area contributed by atoms with E-state index < -0.39 is 6.04 Å². The topological polar surface area (TPSA) is 58.6 Å². The number of hydrogen-bond donors (Lipinski definition) is 1. The third kappa shape index (κ3) is 7.77. The van der Waals surface area contributed by atoms with E-state index in [1.807, 2.05) is 24.3 Å². The van der Waals surface area contributed by atoms with E-state index >= 15 is 0 Å². The Morgan fingerprint density at radius 2 is 1.70 bits per heavy atom. The average Bonchev–Trinajstić information content (AvgIpc) is 2.84. The number of hydrogen-bond acceptors (Lipinski definition) is 4. The highest BCUT2D eigenvalue weighted by atomic mass is 32.2. The van der Waals surface area contributed by atoms with Gasteiger partial charge in [-0.3, -0.25) is 9.59 Å². The van der Waals surface area contributed by atoms with E-state index in [1.54, 1.807) is 31.1 Å². The predicted octanol–water partition coefficient (Wildman–Crippen LogP) is 4.93. The first-order chi connectivity index (χ1) is 16.0. The van der Waals surface area contributed by atoms with Crippen LogP contribution in [0.2, 0.25) is 0 Å². The third-order valence-corrected chi connectivity index (χ3v) is 7.03. The van der Waals surface area contributed by atoms with Crippen molar-refractivity contribution in [3.8, 4) is 5.75 Å². The van der Waals surface area contributed by atoms with Gasteiger partial charge in [-0.25, -0.2) is 4.39 Å². The number of amides is 2. The Balaban J connectivity index is 1.65. The molecule has 2 aromatic carbocycles. The molecule has 3 rings (SSSR count). The Bertz CT molecular complexity index is 899. The fraction of sp³-hybridized carbons (Fsp3) is 0.462. The minimum absolute atomic E-state index is 0.0933. The summed E-state index contributed by atoms with van der Waals surface area (Å²) >= 11 is 1.46. The SMILES string of the molecule is COc1ccc(CN(C(=O)CSCc2ccc(F)cc2)[C@H](C)C(=O)NC2CCCCC2)cc1. The zero-order chi connectivity index (χ0) is 23.6. The van der Waals surface area contributed by atoms with Crippen molar-refractivity contribution in [2.75, 3.05) is 12.9 Å². The average molecular weight is 473 g/mol. The lowest BCUT2D eigenvalue weighted by Crippen LogP contribution is -2.50. The fourth-order valence-corrected chi connectivity index (χ4v) is 4.87. The van der Waals surface area contributed by atoms with Crippen molar-refractivity contribution in [1.29, 1.82) is 0 Å². The molecule has 0 saturated heterocycles. The van der Waals surface area contributed by atoms with Gasteiger partial charge >= 0.3 is 0 Å². The standard InChI is InChI=1S/C26H33FN2O3S/c1-19(26(31)28-23-6-4-3-5-7-23)29(16-20-10-14-24(32-2)15-11-20)25(30)18-33-17-21-8-12-22(27)13-9-21/h8-15,19,23H,3-7,16-18H2,1-2H3,(H,28,31)/t19-/m1/s1. The van der Waals surface area contributed by atoms with Gasteiger partial charge in [-0.05, 0) is 55.2 Å². The van der Waals surface area contributed by atoms with E-state index in [0.29, 0.717) is 12.3 Å². The highest BCUT2D eigenvalue weighted by Crippen LogP contribution is 2.20. The van der Waals surface area contributed by atoms with Gasteiger partial charge in [-0.1, -0.05) is 43.5 Å². The first kappa shape index (κ1) is 25.1. The summed E-state index contributed by atoms with van der Waals surface area (Å²) in [7, 11) is 1.61. The zero-order valence-corrected chi connectivity index (χ0v) is 20.2. The molecule has 1 saturated carbocycles. The number of halogens is 1. The van der Waals surface area contributed by atoms with E-state index in [9.17, 15) is 14.0 Å². The predicted molar refractivity (Wildman–Crippen MR) is 131 cm³/mol. The van der Waals surface area contributed by atoms with Crippen LogP contribution < -0.4 is 10.1 Å². The van der Waals surface area contributed by atoms with Crippen LogP contribution in [0.1, 0.15) is 50.2 Å². The summed E-state index contributed by atoms with van der Waals surface area (Å²) < 4.78 is 18.3. The zero-order valence-electron chi connectivity index (χ0n) is 19.4. The van der Waals surface area contributed by atoms with Gasteiger partial charge < -0.3 is 15.0 Å². The van der Waals surface area contributed by atoms with E-state index in [0.717, 1.165) is 42.6 Å². The highest BCUT2D eigenvalue weighted by molar-refractivity contribution is 7.99. The number of rotatable bonds is 10. The van der Waals surface area contributed by atoms with Crippen LogP contribution in [0, 0.1) is 5.82 Å². The lowest BCUT2D eigenvalue weighted by molar-refractivity contribution is -0.139. The summed E-state index contributed by atoms with van der Waals surface area (Å²) in [6.07, 6.45) is 5.48. The lowest BCUT2D eigenvalue weighted by atomic mass is 9.95. The number of carbonyl (C=O) groups excluding carboxylic acids is 2. The maximum atomic E-state index is 13.2. The molecule has 0 spiro atoms. The van der Waals surface area contributed by atoms with Crippen molar-refractivity contribution >= 4 is 23.6 Å². The van der Waals surface area contributed by atoms with Crippen LogP contribution in [0.25, 0.3) is 0 Å². The van der Waals surface area contributed by atoms with Gasteiger partial charge in [0.2, 0.25) is 11.8 Å². The van der Waals surface area contributed by atoms with Crippen LogP contribution in [0.5, 0.6) is 5.75 Å². The van der Waals surface area contributed by atoms with Gasteiger partial charge in [-0.15, -0.1) is 11.8 Å². The van der Waals surface area contributed by atoms with E-state index in [1.165, 1.54) is 30.3 Å². The van der Waals surface area contributed by atoms with Crippen LogP contribution in [0.15, 0.2) is 48.5 Å². The third-order valence-electron chi connectivity index (χ3n) is 6.04. The number of nitrogens with one attached hydrogen (secondary N) is 1. The van der Waals surface area contributed by atoms with Gasteiger partial charge in [0.25, 0.3) is 0 Å². The number of thioether (sulfide) groups is 1. The molecular weight excluding hydrogens is 439 g/mol. The fourth-order valence-electron chi connectivity index (χ4n) is 4.00. The van der Waals surface area contributed by atoms with Gasteiger partial charge in [-0.2, -0.15) is 0 Å².